The van der Waals surface area contributed by atoms with Gasteiger partial charge in [-0.05, 0) is 46.8 Å². The lowest BCUT2D eigenvalue weighted by atomic mass is 9.75. The van der Waals surface area contributed by atoms with Gasteiger partial charge in [-0.3, -0.25) is 4.79 Å². The molecule has 0 radical (unpaired) electrons. The number of fused-ring (bicyclic) bond motifs is 1. The standard InChI is InChI=1S/C19H21BrN4O3/c1-10-15-13(23-24-18(21)26)8-19(2,3)9-14(15)27-16(10)17(25)22-12-7-5-4-6-11(12)20/h4-7H,8-9H2,1-3H3,(H,22,25)(H3,21,24,26)/b23-13-. The number of nitrogens with zero attached hydrogens (tertiary/aromatic N) is 1. The van der Waals surface area contributed by atoms with Crippen molar-refractivity contribution in [2.75, 3.05) is 5.32 Å². The lowest BCUT2D eigenvalue weighted by Crippen LogP contribution is -2.31. The van der Waals surface area contributed by atoms with Crippen molar-refractivity contribution in [1.29, 1.82) is 0 Å². The van der Waals surface area contributed by atoms with Gasteiger partial charge in [0.25, 0.3) is 5.91 Å². The van der Waals surface area contributed by atoms with E-state index in [-0.39, 0.29) is 17.1 Å². The number of anilines is 1. The molecule has 142 valence electrons. The maximum Gasteiger partial charge on any atom is 0.332 e. The molecule has 0 aliphatic heterocycles. The van der Waals surface area contributed by atoms with E-state index in [2.05, 4.69) is 45.6 Å². The number of amides is 3. The molecule has 1 aliphatic rings. The number of halogens is 1. The predicted molar refractivity (Wildman–Crippen MR) is 107 cm³/mol. The number of urea groups is 1. The Kier molecular flexibility index (Phi) is 5.10. The number of nitrogens with two attached hydrogens (primary N) is 1. The third-order valence-electron chi connectivity index (χ3n) is 4.42. The van der Waals surface area contributed by atoms with Crippen LogP contribution in [0.4, 0.5) is 10.5 Å². The molecule has 1 aromatic carbocycles. The Balaban J connectivity index is 1.98. The van der Waals surface area contributed by atoms with Gasteiger partial charge in [-0.2, -0.15) is 5.10 Å². The van der Waals surface area contributed by atoms with Crippen LogP contribution < -0.4 is 16.5 Å². The van der Waals surface area contributed by atoms with Gasteiger partial charge in [0.15, 0.2) is 5.76 Å². The summed E-state index contributed by atoms with van der Waals surface area (Å²) in [6, 6.07) is 6.61. The normalized spacial score (nSPS) is 16.7. The van der Waals surface area contributed by atoms with Crippen molar-refractivity contribution in [2.24, 2.45) is 16.3 Å². The van der Waals surface area contributed by atoms with E-state index in [0.717, 1.165) is 10.0 Å². The van der Waals surface area contributed by atoms with Gasteiger partial charge in [0, 0.05) is 22.0 Å². The molecule has 3 rings (SSSR count). The van der Waals surface area contributed by atoms with Crippen molar-refractivity contribution in [3.63, 3.8) is 0 Å². The van der Waals surface area contributed by atoms with E-state index in [9.17, 15) is 9.59 Å². The molecule has 0 unspecified atom stereocenters. The van der Waals surface area contributed by atoms with E-state index < -0.39 is 6.03 Å². The molecule has 7 nitrogen and oxygen atoms in total. The van der Waals surface area contributed by atoms with Crippen LogP contribution in [0.15, 0.2) is 38.3 Å². The zero-order valence-corrected chi connectivity index (χ0v) is 16.9. The lowest BCUT2D eigenvalue weighted by molar-refractivity contribution is 0.0992. The van der Waals surface area contributed by atoms with Crippen LogP contribution in [0, 0.1) is 12.3 Å². The van der Waals surface area contributed by atoms with Crippen molar-refractivity contribution in [3.8, 4) is 0 Å². The second kappa shape index (κ2) is 7.19. The van der Waals surface area contributed by atoms with Gasteiger partial charge < -0.3 is 15.5 Å². The van der Waals surface area contributed by atoms with Crippen LogP contribution in [0.2, 0.25) is 0 Å². The van der Waals surface area contributed by atoms with Gasteiger partial charge in [-0.1, -0.05) is 26.0 Å². The van der Waals surface area contributed by atoms with Crippen LogP contribution in [0.1, 0.15) is 47.7 Å². The fourth-order valence-electron chi connectivity index (χ4n) is 3.29. The smallest absolute Gasteiger partial charge is 0.332 e. The van der Waals surface area contributed by atoms with Gasteiger partial charge in [-0.25, -0.2) is 10.2 Å². The van der Waals surface area contributed by atoms with Crippen LogP contribution in [-0.2, 0) is 6.42 Å². The first-order valence-electron chi connectivity index (χ1n) is 8.48. The second-order valence-corrected chi connectivity index (χ2v) is 8.19. The number of primary amides is 1. The molecular weight excluding hydrogens is 412 g/mol. The van der Waals surface area contributed by atoms with E-state index in [1.165, 1.54) is 0 Å². The minimum absolute atomic E-state index is 0.119. The summed E-state index contributed by atoms with van der Waals surface area (Å²) in [5, 5.41) is 7.00. The van der Waals surface area contributed by atoms with E-state index in [1.54, 1.807) is 6.07 Å². The molecule has 3 amide bonds. The molecule has 1 aliphatic carbocycles. The molecule has 2 aromatic rings. The van der Waals surface area contributed by atoms with Gasteiger partial charge >= 0.3 is 6.03 Å². The molecule has 27 heavy (non-hydrogen) atoms. The molecule has 0 bridgehead atoms. The second-order valence-electron chi connectivity index (χ2n) is 7.34. The number of benzene rings is 1. The Labute approximate surface area is 165 Å². The maximum atomic E-state index is 12.8. The molecule has 4 N–H and O–H groups in total. The van der Waals surface area contributed by atoms with Gasteiger partial charge in [-0.15, -0.1) is 0 Å². The van der Waals surface area contributed by atoms with Crippen LogP contribution >= 0.6 is 15.9 Å². The third-order valence-corrected chi connectivity index (χ3v) is 5.11. The van der Waals surface area contributed by atoms with Crippen LogP contribution in [0.3, 0.4) is 0 Å². The van der Waals surface area contributed by atoms with E-state index in [4.69, 9.17) is 10.2 Å². The van der Waals surface area contributed by atoms with Crippen molar-refractivity contribution in [3.05, 3.63) is 51.4 Å². The Morgan fingerprint density at radius 1 is 1.26 bits per heavy atom. The summed E-state index contributed by atoms with van der Waals surface area (Å²) in [5.74, 6) is 0.583. The molecule has 0 saturated carbocycles. The van der Waals surface area contributed by atoms with Gasteiger partial charge in [0.05, 0.1) is 11.4 Å². The summed E-state index contributed by atoms with van der Waals surface area (Å²) < 4.78 is 6.71. The summed E-state index contributed by atoms with van der Waals surface area (Å²) in [5.41, 5.74) is 10.1. The summed E-state index contributed by atoms with van der Waals surface area (Å²) >= 11 is 3.41. The minimum Gasteiger partial charge on any atom is -0.455 e. The fraction of sp³-hybridized carbons (Fsp3) is 0.316. The highest BCUT2D eigenvalue weighted by molar-refractivity contribution is 9.10. The Morgan fingerprint density at radius 2 is 1.96 bits per heavy atom. The number of hydrazone groups is 1. The van der Waals surface area contributed by atoms with E-state index in [1.807, 2.05) is 25.1 Å². The van der Waals surface area contributed by atoms with Crippen LogP contribution in [0.5, 0.6) is 0 Å². The molecule has 1 aromatic heterocycles. The molecule has 0 saturated heterocycles. The van der Waals surface area contributed by atoms with Crippen LogP contribution in [0.25, 0.3) is 0 Å². The summed E-state index contributed by atoms with van der Waals surface area (Å²) in [4.78, 5) is 23.8. The summed E-state index contributed by atoms with van der Waals surface area (Å²) in [6.07, 6.45) is 1.30. The molecule has 0 fully saturated rings. The van der Waals surface area contributed by atoms with Gasteiger partial charge in [0.2, 0.25) is 0 Å². The first-order chi connectivity index (χ1) is 12.7. The molecule has 0 atom stereocenters. The zero-order valence-electron chi connectivity index (χ0n) is 15.4. The Hall–Kier alpha value is -2.61. The van der Waals surface area contributed by atoms with Crippen molar-refractivity contribution in [1.82, 2.24) is 5.43 Å². The first kappa shape index (κ1) is 19.2. The summed E-state index contributed by atoms with van der Waals surface area (Å²) in [6.45, 7) is 5.97. The third kappa shape index (κ3) is 4.05. The number of carbonyl (C=O) groups excluding carboxylic acids is 2. The van der Waals surface area contributed by atoms with E-state index in [0.29, 0.717) is 35.6 Å². The zero-order chi connectivity index (χ0) is 19.8. The SMILES string of the molecule is Cc1c(C(=O)Nc2ccccc2Br)oc2c1/C(=N\NC(N)=O)CC(C)(C)C2. The first-order valence-corrected chi connectivity index (χ1v) is 9.28. The highest BCUT2D eigenvalue weighted by atomic mass is 79.9. The number of furan rings is 1. The number of carbonyl (C=O) groups is 2. The Morgan fingerprint density at radius 3 is 2.63 bits per heavy atom. The lowest BCUT2D eigenvalue weighted by Gasteiger charge is -2.29. The average molecular weight is 433 g/mol. The largest absolute Gasteiger partial charge is 0.455 e. The topological polar surface area (TPSA) is 110 Å². The number of hydrogen-bond donors (Lipinski definition) is 3. The van der Waals surface area contributed by atoms with Crippen molar-refractivity contribution in [2.45, 2.75) is 33.6 Å². The number of hydrogen-bond acceptors (Lipinski definition) is 4. The molecule has 0 spiro atoms. The fourth-order valence-corrected chi connectivity index (χ4v) is 3.67. The van der Waals surface area contributed by atoms with Crippen LogP contribution in [-0.4, -0.2) is 17.6 Å². The quantitative estimate of drug-likeness (QED) is 0.638. The molecular formula is C19H21BrN4O3. The number of para-hydroxylation sites is 1. The molecule has 1 heterocycles. The van der Waals surface area contributed by atoms with Crippen molar-refractivity contribution < 1.29 is 14.0 Å². The summed E-state index contributed by atoms with van der Waals surface area (Å²) in [7, 11) is 0. The monoisotopic (exact) mass is 432 g/mol. The number of nitrogens with one attached hydrogen (secondary N) is 2. The maximum absolute atomic E-state index is 12.8. The predicted octanol–water partition coefficient (Wildman–Crippen LogP) is 3.95. The minimum atomic E-state index is -0.736. The van der Waals surface area contributed by atoms with Crippen molar-refractivity contribution >= 4 is 39.3 Å². The molecule has 8 heteroatoms. The number of rotatable bonds is 3. The highest BCUT2D eigenvalue weighted by Crippen LogP contribution is 2.39. The Bertz CT molecular complexity index is 946. The highest BCUT2D eigenvalue weighted by Gasteiger charge is 2.36. The van der Waals surface area contributed by atoms with Gasteiger partial charge in [0.1, 0.15) is 5.76 Å². The average Bonchev–Trinajstić information content (AvgIpc) is 2.90. The van der Waals surface area contributed by atoms with E-state index >= 15 is 0 Å².